The van der Waals surface area contributed by atoms with Crippen molar-refractivity contribution in [2.24, 2.45) is 0 Å². The molecule has 0 aliphatic carbocycles. The molecule has 9 nitrogen and oxygen atoms in total. The topological polar surface area (TPSA) is 107 Å². The normalized spacial score (nSPS) is 18.9. The van der Waals surface area contributed by atoms with E-state index in [0.717, 1.165) is 0 Å². The van der Waals surface area contributed by atoms with Gasteiger partial charge in [0.1, 0.15) is 6.54 Å². The van der Waals surface area contributed by atoms with Crippen molar-refractivity contribution >= 4 is 5.91 Å². The Balaban J connectivity index is 1.62. The van der Waals surface area contributed by atoms with E-state index in [1.807, 2.05) is 0 Å². The average molecular weight is 293 g/mol. The summed E-state index contributed by atoms with van der Waals surface area (Å²) < 4.78 is 10.5. The van der Waals surface area contributed by atoms with Gasteiger partial charge in [-0.2, -0.15) is 4.80 Å². The van der Waals surface area contributed by atoms with Crippen LogP contribution in [0, 0.1) is 0 Å². The molecule has 1 saturated heterocycles. The van der Waals surface area contributed by atoms with Crippen LogP contribution in [0.25, 0.3) is 11.6 Å². The molecule has 2 aromatic heterocycles. The van der Waals surface area contributed by atoms with Crippen molar-refractivity contribution in [3.05, 3.63) is 18.4 Å². The number of aliphatic hydroxyl groups excluding tert-OH is 1. The molecule has 0 saturated carbocycles. The number of furan rings is 1. The fourth-order valence-electron chi connectivity index (χ4n) is 2.09. The summed E-state index contributed by atoms with van der Waals surface area (Å²) in [5.74, 6) is 0.698. The molecular weight excluding hydrogens is 278 g/mol. The molecular formula is C12H15N5O4. The van der Waals surface area contributed by atoms with E-state index in [1.165, 1.54) is 11.1 Å². The molecule has 9 heteroatoms. The van der Waals surface area contributed by atoms with Crippen molar-refractivity contribution in [2.75, 3.05) is 26.3 Å². The lowest BCUT2D eigenvalue weighted by Crippen LogP contribution is -2.48. The average Bonchev–Trinajstić information content (AvgIpc) is 3.18. The van der Waals surface area contributed by atoms with Crippen LogP contribution in [0.1, 0.15) is 0 Å². The zero-order valence-corrected chi connectivity index (χ0v) is 11.3. The molecule has 21 heavy (non-hydrogen) atoms. The van der Waals surface area contributed by atoms with Gasteiger partial charge in [-0.3, -0.25) is 4.79 Å². The molecule has 3 rings (SSSR count). The van der Waals surface area contributed by atoms with E-state index in [9.17, 15) is 4.79 Å². The Morgan fingerprint density at radius 2 is 2.43 bits per heavy atom. The number of aliphatic hydroxyl groups is 1. The lowest BCUT2D eigenvalue weighted by molar-refractivity contribution is -0.141. The van der Waals surface area contributed by atoms with Gasteiger partial charge in [-0.25, -0.2) is 0 Å². The number of carbonyl (C=O) groups excluding carboxylic acids is 1. The first kappa shape index (κ1) is 13.7. The zero-order chi connectivity index (χ0) is 14.7. The summed E-state index contributed by atoms with van der Waals surface area (Å²) in [6.07, 6.45) is 1.19. The summed E-state index contributed by atoms with van der Waals surface area (Å²) in [4.78, 5) is 15.0. The van der Waals surface area contributed by atoms with Crippen LogP contribution in [-0.2, 0) is 16.1 Å². The maximum Gasteiger partial charge on any atom is 0.246 e. The van der Waals surface area contributed by atoms with E-state index in [0.29, 0.717) is 31.3 Å². The van der Waals surface area contributed by atoms with Crippen LogP contribution in [0.3, 0.4) is 0 Å². The minimum absolute atomic E-state index is 0.00808. The van der Waals surface area contributed by atoms with E-state index in [-0.39, 0.29) is 25.2 Å². The predicted molar refractivity (Wildman–Crippen MR) is 68.9 cm³/mol. The highest BCUT2D eigenvalue weighted by Crippen LogP contribution is 2.13. The highest BCUT2D eigenvalue weighted by Gasteiger charge is 2.24. The van der Waals surface area contributed by atoms with E-state index < -0.39 is 0 Å². The number of carbonyl (C=O) groups is 1. The molecule has 1 N–H and O–H groups in total. The lowest BCUT2D eigenvalue weighted by Gasteiger charge is -2.31. The Kier molecular flexibility index (Phi) is 3.93. The number of ether oxygens (including phenoxy) is 1. The fraction of sp³-hybridized carbons (Fsp3) is 0.500. The van der Waals surface area contributed by atoms with Gasteiger partial charge < -0.3 is 19.2 Å². The van der Waals surface area contributed by atoms with Crippen LogP contribution in [0.5, 0.6) is 0 Å². The fourth-order valence-corrected chi connectivity index (χ4v) is 2.09. The molecule has 0 spiro atoms. The van der Waals surface area contributed by atoms with Crippen molar-refractivity contribution in [3.63, 3.8) is 0 Å². The Morgan fingerprint density at radius 3 is 3.19 bits per heavy atom. The highest BCUT2D eigenvalue weighted by molar-refractivity contribution is 5.75. The minimum Gasteiger partial charge on any atom is -0.461 e. The van der Waals surface area contributed by atoms with Gasteiger partial charge in [-0.15, -0.1) is 10.2 Å². The second kappa shape index (κ2) is 6.02. The van der Waals surface area contributed by atoms with Gasteiger partial charge in [0.05, 0.1) is 25.6 Å². The Bertz CT molecular complexity index is 597. The third-order valence-electron chi connectivity index (χ3n) is 3.17. The summed E-state index contributed by atoms with van der Waals surface area (Å²) >= 11 is 0. The Labute approximate surface area is 120 Å². The van der Waals surface area contributed by atoms with Gasteiger partial charge in [-0.1, -0.05) is 0 Å². The summed E-state index contributed by atoms with van der Waals surface area (Å²) in [7, 11) is 0. The monoisotopic (exact) mass is 293 g/mol. The third-order valence-corrected chi connectivity index (χ3v) is 3.17. The van der Waals surface area contributed by atoms with Gasteiger partial charge in [0.2, 0.25) is 11.7 Å². The second-order valence-corrected chi connectivity index (χ2v) is 4.64. The van der Waals surface area contributed by atoms with Crippen LogP contribution in [0.15, 0.2) is 22.8 Å². The molecule has 0 radical (unpaired) electrons. The molecule has 1 aliphatic heterocycles. The van der Waals surface area contributed by atoms with Gasteiger partial charge in [0.15, 0.2) is 5.76 Å². The van der Waals surface area contributed by atoms with Gasteiger partial charge in [0, 0.05) is 13.1 Å². The Morgan fingerprint density at radius 1 is 1.52 bits per heavy atom. The summed E-state index contributed by atoms with van der Waals surface area (Å²) in [5, 5.41) is 20.8. The minimum atomic E-state index is -0.329. The first-order chi connectivity index (χ1) is 10.3. The first-order valence-corrected chi connectivity index (χ1v) is 6.58. The smallest absolute Gasteiger partial charge is 0.246 e. The van der Waals surface area contributed by atoms with Crippen molar-refractivity contribution in [3.8, 4) is 11.6 Å². The summed E-state index contributed by atoms with van der Waals surface area (Å²) in [6.45, 7) is 1.17. The highest BCUT2D eigenvalue weighted by atomic mass is 16.5. The van der Waals surface area contributed by atoms with Gasteiger partial charge in [-0.05, 0) is 17.3 Å². The SMILES string of the molecule is O=C(Cn1nnc(-c2ccco2)n1)N1CCOC(CO)C1. The van der Waals surface area contributed by atoms with Crippen molar-refractivity contribution in [1.29, 1.82) is 0 Å². The van der Waals surface area contributed by atoms with Gasteiger partial charge in [0.25, 0.3) is 0 Å². The number of morpholine rings is 1. The number of rotatable bonds is 4. The quantitative estimate of drug-likeness (QED) is 0.782. The van der Waals surface area contributed by atoms with Crippen LogP contribution < -0.4 is 0 Å². The van der Waals surface area contributed by atoms with E-state index >= 15 is 0 Å². The van der Waals surface area contributed by atoms with Gasteiger partial charge >= 0.3 is 0 Å². The summed E-state index contributed by atoms with van der Waals surface area (Å²) in [5.41, 5.74) is 0. The molecule has 112 valence electrons. The molecule has 1 amide bonds. The van der Waals surface area contributed by atoms with E-state index in [4.69, 9.17) is 14.3 Å². The van der Waals surface area contributed by atoms with Crippen LogP contribution in [-0.4, -0.2) is 68.5 Å². The number of tetrazole rings is 1. The van der Waals surface area contributed by atoms with Crippen molar-refractivity contribution in [1.82, 2.24) is 25.1 Å². The number of nitrogens with zero attached hydrogens (tertiary/aromatic N) is 5. The number of amides is 1. The third kappa shape index (κ3) is 3.09. The molecule has 1 unspecified atom stereocenters. The van der Waals surface area contributed by atoms with E-state index in [2.05, 4.69) is 15.4 Å². The number of hydrogen-bond acceptors (Lipinski definition) is 7. The molecule has 3 heterocycles. The Hall–Kier alpha value is -2.26. The van der Waals surface area contributed by atoms with Crippen LogP contribution in [0.2, 0.25) is 0 Å². The molecule has 0 aromatic carbocycles. The van der Waals surface area contributed by atoms with Crippen LogP contribution in [0.4, 0.5) is 0 Å². The van der Waals surface area contributed by atoms with E-state index in [1.54, 1.807) is 17.0 Å². The number of hydrogen-bond donors (Lipinski definition) is 1. The number of aromatic nitrogens is 4. The summed E-state index contributed by atoms with van der Waals surface area (Å²) in [6, 6.07) is 3.45. The largest absolute Gasteiger partial charge is 0.461 e. The zero-order valence-electron chi connectivity index (χ0n) is 11.3. The maximum atomic E-state index is 12.2. The van der Waals surface area contributed by atoms with Crippen molar-refractivity contribution < 1.29 is 19.1 Å². The molecule has 1 atom stereocenters. The predicted octanol–water partition coefficient (Wildman–Crippen LogP) is -0.847. The standard InChI is InChI=1S/C12H15N5O4/c18-8-9-6-16(3-5-20-9)11(19)7-17-14-12(13-15-17)10-2-1-4-21-10/h1-2,4,9,18H,3,5-8H2. The molecule has 2 aromatic rings. The molecule has 1 fully saturated rings. The molecule has 0 bridgehead atoms. The molecule has 1 aliphatic rings. The van der Waals surface area contributed by atoms with Crippen molar-refractivity contribution in [2.45, 2.75) is 12.6 Å². The maximum absolute atomic E-state index is 12.2. The van der Waals surface area contributed by atoms with Crippen LogP contribution >= 0.6 is 0 Å². The second-order valence-electron chi connectivity index (χ2n) is 4.64. The first-order valence-electron chi connectivity index (χ1n) is 6.58. The lowest BCUT2D eigenvalue weighted by atomic mass is 10.3.